The van der Waals surface area contributed by atoms with Gasteiger partial charge in [0.25, 0.3) is 0 Å². The number of rotatable bonds is 40. The third kappa shape index (κ3) is 32.9. The van der Waals surface area contributed by atoms with Crippen molar-refractivity contribution in [2.45, 2.75) is 198 Å². The summed E-state index contributed by atoms with van der Waals surface area (Å²) in [5.74, 6) is -7.44. The summed E-state index contributed by atoms with van der Waals surface area (Å²) in [5, 5.41) is 46.8. The molecule has 0 fully saturated rings. The maximum atomic E-state index is 12.5. The van der Waals surface area contributed by atoms with E-state index in [9.17, 15) is 58.5 Å². The van der Waals surface area contributed by atoms with Crippen molar-refractivity contribution in [1.82, 2.24) is 21.3 Å². The number of hydrogen-bond acceptors (Lipinski definition) is 10. The molecule has 0 heterocycles. The number of aliphatic carboxylic acids is 4. The van der Waals surface area contributed by atoms with Crippen LogP contribution in [0.2, 0.25) is 0 Å². The number of carboxylic acids is 4. The average Bonchev–Trinajstić information content (AvgIpc) is 3.18. The van der Waals surface area contributed by atoms with Crippen LogP contribution >= 0.6 is 22.6 Å². The molecule has 0 aliphatic heterocycles. The smallest absolute Gasteiger partial charge is 0.326 e. The van der Waals surface area contributed by atoms with E-state index >= 15 is 0 Å². The van der Waals surface area contributed by atoms with E-state index in [1.807, 2.05) is 0 Å². The Hall–Kier alpha value is -3.88. The van der Waals surface area contributed by atoms with Gasteiger partial charge >= 0.3 is 23.9 Å². The second-order valence-electron chi connectivity index (χ2n) is 15.3. The molecule has 0 aliphatic rings. The summed E-state index contributed by atoms with van der Waals surface area (Å²) in [6, 6.07) is -4.89. The highest BCUT2D eigenvalue weighted by Gasteiger charge is 2.26. The predicted molar refractivity (Wildman–Crippen MR) is 231 cm³/mol. The normalized spacial score (nSPS) is 13.0. The van der Waals surface area contributed by atoms with Crippen LogP contribution in [0.3, 0.4) is 0 Å². The van der Waals surface area contributed by atoms with Crippen LogP contribution in [0.15, 0.2) is 0 Å². The molecule has 344 valence electrons. The molecule has 0 radical (unpaired) electrons. The van der Waals surface area contributed by atoms with Crippen LogP contribution < -0.4 is 27.0 Å². The van der Waals surface area contributed by atoms with Crippen LogP contribution in [0, 0.1) is 0 Å². The number of unbranched alkanes of at least 4 members (excludes halogenated alkanes) is 16. The van der Waals surface area contributed by atoms with Crippen molar-refractivity contribution in [3.63, 3.8) is 0 Å². The number of nitrogens with one attached hydrogen (secondary N) is 4. The highest BCUT2D eigenvalue weighted by atomic mass is 127. The minimum absolute atomic E-state index is 0.136. The van der Waals surface area contributed by atoms with E-state index in [1.54, 1.807) is 22.6 Å². The van der Waals surface area contributed by atoms with Gasteiger partial charge in [-0.15, -0.1) is 0 Å². The average molecular weight is 968 g/mol. The van der Waals surface area contributed by atoms with Crippen molar-refractivity contribution in [3.8, 4) is 0 Å². The number of carbonyl (C=O) groups is 9. The zero-order chi connectivity index (χ0) is 45.1. The Morgan fingerprint density at radius 2 is 0.717 bits per heavy atom. The molecule has 0 aliphatic carbocycles. The van der Waals surface area contributed by atoms with Gasteiger partial charge in [-0.3, -0.25) is 28.8 Å². The molecule has 4 amide bonds. The SMILES string of the molecule is N[C@@H](CCCCNC(=O)CC[C@H](NC(=O)CC[C@H](NC(=O)CC[C@H](NC(=O)CCCCCCCCCCCCCCCCCCC(=O)O)C(=O)O)C(=O)O)C(=O)O)C(=O)I. The molecule has 0 aromatic rings. The van der Waals surface area contributed by atoms with Crippen molar-refractivity contribution < 1.29 is 63.6 Å². The van der Waals surface area contributed by atoms with Gasteiger partial charge in [-0.1, -0.05) is 89.9 Å². The van der Waals surface area contributed by atoms with Gasteiger partial charge in [0.15, 0.2) is 0 Å². The molecule has 4 atom stereocenters. The van der Waals surface area contributed by atoms with Gasteiger partial charge in [-0.25, -0.2) is 14.4 Å². The van der Waals surface area contributed by atoms with Crippen LogP contribution in [0.25, 0.3) is 0 Å². The summed E-state index contributed by atoms with van der Waals surface area (Å²) < 4.78 is -0.157. The first kappa shape index (κ1) is 56.1. The van der Waals surface area contributed by atoms with Crippen LogP contribution in [0.4, 0.5) is 0 Å². The number of amides is 4. The lowest BCUT2D eigenvalue weighted by Crippen LogP contribution is -2.45. The van der Waals surface area contributed by atoms with E-state index in [1.165, 1.54) is 51.4 Å². The first-order chi connectivity index (χ1) is 28.5. The van der Waals surface area contributed by atoms with Crippen molar-refractivity contribution >= 4 is 73.9 Å². The summed E-state index contributed by atoms with van der Waals surface area (Å²) >= 11 is 1.62. The molecule has 60 heavy (non-hydrogen) atoms. The molecular formula is C41H70IN5O13. The third-order valence-electron chi connectivity index (χ3n) is 9.98. The topological polar surface area (TPSA) is 309 Å². The van der Waals surface area contributed by atoms with Crippen LogP contribution in [-0.2, 0) is 43.2 Å². The maximum absolute atomic E-state index is 12.5. The third-order valence-corrected chi connectivity index (χ3v) is 10.8. The molecule has 0 saturated heterocycles. The van der Waals surface area contributed by atoms with Gasteiger partial charge in [0.05, 0.1) is 6.04 Å². The number of carboxylic acid groups (broad SMARTS) is 4. The monoisotopic (exact) mass is 967 g/mol. The molecule has 0 unspecified atom stereocenters. The lowest BCUT2D eigenvalue weighted by Gasteiger charge is -2.18. The fourth-order valence-electron chi connectivity index (χ4n) is 6.35. The standard InChI is InChI=1S/C41H70IN5O13/c42-38(54)29(43)19-17-18-28-44-33(48)25-22-30(39(55)56)46-35(50)27-24-32(41(59)60)47-36(51)26-23-31(40(57)58)45-34(49)20-15-13-11-9-7-5-3-1-2-4-6-8-10-12-14-16-21-37(52)53/h29-32H,1-28,43H2,(H,44,48)(H,45,49)(H,46,50)(H,47,51)(H,52,53)(H,55,56)(H,57,58)(H,59,60)/t29-,30-,31-,32-/m0/s1. The minimum Gasteiger partial charge on any atom is -0.481 e. The van der Waals surface area contributed by atoms with Gasteiger partial charge in [-0.05, 0) is 51.4 Å². The fourth-order valence-corrected chi connectivity index (χ4v) is 6.66. The molecule has 0 aromatic carbocycles. The predicted octanol–water partition coefficient (Wildman–Crippen LogP) is 4.72. The lowest BCUT2D eigenvalue weighted by molar-refractivity contribution is -0.144. The van der Waals surface area contributed by atoms with E-state index in [4.69, 9.17) is 10.8 Å². The van der Waals surface area contributed by atoms with Crippen molar-refractivity contribution in [1.29, 1.82) is 0 Å². The fraction of sp³-hybridized carbons (Fsp3) is 0.780. The molecule has 18 nitrogen and oxygen atoms in total. The van der Waals surface area contributed by atoms with Gasteiger partial charge < -0.3 is 47.4 Å². The Labute approximate surface area is 367 Å². The second kappa shape index (κ2) is 35.8. The van der Waals surface area contributed by atoms with Crippen molar-refractivity contribution in [2.24, 2.45) is 5.73 Å². The Kier molecular flexibility index (Phi) is 33.5. The van der Waals surface area contributed by atoms with Gasteiger partial charge in [0.1, 0.15) is 18.1 Å². The highest BCUT2D eigenvalue weighted by Crippen LogP contribution is 2.15. The summed E-state index contributed by atoms with van der Waals surface area (Å²) in [7, 11) is 0. The minimum atomic E-state index is -1.53. The molecule has 0 aromatic heterocycles. The molecule has 0 rings (SSSR count). The summed E-state index contributed by atoms with van der Waals surface area (Å²) in [6.45, 7) is 0.298. The Balaban J connectivity index is 4.29. The van der Waals surface area contributed by atoms with E-state index in [-0.39, 0.29) is 35.9 Å². The van der Waals surface area contributed by atoms with Crippen LogP contribution in [-0.4, -0.2) is 102 Å². The molecule has 19 heteroatoms. The van der Waals surface area contributed by atoms with Crippen LogP contribution in [0.1, 0.15) is 173 Å². The van der Waals surface area contributed by atoms with E-state index in [2.05, 4.69) is 21.3 Å². The lowest BCUT2D eigenvalue weighted by atomic mass is 10.0. The first-order valence-corrected chi connectivity index (χ1v) is 22.6. The van der Waals surface area contributed by atoms with E-state index in [0.29, 0.717) is 32.2 Å². The molecule has 0 saturated carbocycles. The Morgan fingerprint density at radius 3 is 1.05 bits per heavy atom. The summed E-state index contributed by atoms with van der Waals surface area (Å²) in [4.78, 5) is 106. The molecule has 0 spiro atoms. The highest BCUT2D eigenvalue weighted by molar-refractivity contribution is 14.1. The summed E-state index contributed by atoms with van der Waals surface area (Å²) in [6.07, 6.45) is 17.1. The molecule has 0 bridgehead atoms. The largest absolute Gasteiger partial charge is 0.481 e. The van der Waals surface area contributed by atoms with E-state index < -0.39 is 90.9 Å². The van der Waals surface area contributed by atoms with Gasteiger partial charge in [-0.2, -0.15) is 0 Å². The second-order valence-corrected chi connectivity index (χ2v) is 16.4. The van der Waals surface area contributed by atoms with Gasteiger partial charge in [0.2, 0.25) is 27.4 Å². The van der Waals surface area contributed by atoms with Gasteiger partial charge in [0, 0.05) is 61.2 Å². The zero-order valence-electron chi connectivity index (χ0n) is 35.0. The number of nitrogens with two attached hydrogens (primary N) is 1. The number of halogens is 1. The maximum Gasteiger partial charge on any atom is 0.326 e. The number of hydrogen-bond donors (Lipinski definition) is 9. The first-order valence-electron chi connectivity index (χ1n) is 21.5. The zero-order valence-corrected chi connectivity index (χ0v) is 37.2. The Bertz CT molecular complexity index is 1340. The quantitative estimate of drug-likeness (QED) is 0.0228. The molecule has 10 N–H and O–H groups in total. The summed E-state index contributed by atoms with van der Waals surface area (Å²) in [5.41, 5.74) is 5.66. The number of carbonyl (C=O) groups excluding carboxylic acids is 5. The van der Waals surface area contributed by atoms with Crippen LogP contribution in [0.5, 0.6) is 0 Å². The van der Waals surface area contributed by atoms with Crippen molar-refractivity contribution in [3.05, 3.63) is 0 Å². The Morgan fingerprint density at radius 1 is 0.400 bits per heavy atom. The van der Waals surface area contributed by atoms with Crippen molar-refractivity contribution in [2.75, 3.05) is 6.54 Å². The molecular weight excluding hydrogens is 897 g/mol. The van der Waals surface area contributed by atoms with E-state index in [0.717, 1.165) is 44.9 Å².